The van der Waals surface area contributed by atoms with Crippen molar-refractivity contribution in [3.63, 3.8) is 0 Å². The predicted octanol–water partition coefficient (Wildman–Crippen LogP) is 3.55. The number of nitrogens with one attached hydrogen (secondary N) is 2. The third-order valence-electron chi connectivity index (χ3n) is 3.12. The first-order valence-electron chi connectivity index (χ1n) is 7.87. The lowest BCUT2D eigenvalue weighted by Gasteiger charge is -2.13. The number of hydrogen-bond acceptors (Lipinski definition) is 3. The molecular weight excluding hydrogens is 280 g/mol. The number of hydrogen-bond donors (Lipinski definition) is 2. The van der Waals surface area contributed by atoms with E-state index in [0.29, 0.717) is 19.8 Å². The van der Waals surface area contributed by atoms with Crippen molar-refractivity contribution in [3.05, 3.63) is 29.8 Å². The summed E-state index contributed by atoms with van der Waals surface area (Å²) in [6.07, 6.45) is 1.12. The highest BCUT2D eigenvalue weighted by Crippen LogP contribution is 2.11. The Hall–Kier alpha value is -1.59. The molecule has 0 saturated carbocycles. The second kappa shape index (κ2) is 10.2. The number of carbonyl (C=O) groups is 1. The van der Waals surface area contributed by atoms with Gasteiger partial charge in [-0.05, 0) is 44.9 Å². The molecule has 1 aromatic rings. The molecule has 1 rings (SSSR count). The van der Waals surface area contributed by atoms with Crippen LogP contribution in [0.2, 0.25) is 0 Å². The summed E-state index contributed by atoms with van der Waals surface area (Å²) < 4.78 is 11.0. The zero-order valence-electron chi connectivity index (χ0n) is 14.0. The van der Waals surface area contributed by atoms with Gasteiger partial charge >= 0.3 is 6.03 Å². The number of amides is 2. The zero-order chi connectivity index (χ0) is 16.4. The molecule has 0 aliphatic rings. The Bertz CT molecular complexity index is 449. The van der Waals surface area contributed by atoms with Crippen molar-refractivity contribution in [2.75, 3.05) is 18.5 Å². The molecule has 0 spiro atoms. The molecule has 0 aliphatic heterocycles. The molecule has 0 radical (unpaired) electrons. The fourth-order valence-electron chi connectivity index (χ4n) is 1.76. The molecule has 124 valence electrons. The van der Waals surface area contributed by atoms with E-state index in [0.717, 1.165) is 17.7 Å². The minimum Gasteiger partial charge on any atom is -0.376 e. The van der Waals surface area contributed by atoms with E-state index in [2.05, 4.69) is 10.6 Å². The van der Waals surface area contributed by atoms with Crippen LogP contribution >= 0.6 is 0 Å². The van der Waals surface area contributed by atoms with E-state index >= 15 is 0 Å². The molecule has 0 aromatic heterocycles. The Kier molecular flexibility index (Phi) is 8.55. The Morgan fingerprint density at radius 1 is 1.23 bits per heavy atom. The van der Waals surface area contributed by atoms with E-state index in [1.807, 2.05) is 52.0 Å². The van der Waals surface area contributed by atoms with Crippen LogP contribution in [0.25, 0.3) is 0 Å². The van der Waals surface area contributed by atoms with Crippen LogP contribution in [-0.4, -0.2) is 31.4 Å². The lowest BCUT2D eigenvalue weighted by atomic mass is 10.2. The van der Waals surface area contributed by atoms with Crippen molar-refractivity contribution in [1.82, 2.24) is 5.32 Å². The average molecular weight is 308 g/mol. The highest BCUT2D eigenvalue weighted by Gasteiger charge is 2.05. The Morgan fingerprint density at radius 2 is 2.00 bits per heavy atom. The number of carbonyl (C=O) groups excluding carboxylic acids is 1. The lowest BCUT2D eigenvalue weighted by Crippen LogP contribution is -2.35. The smallest absolute Gasteiger partial charge is 0.319 e. The van der Waals surface area contributed by atoms with E-state index in [1.54, 1.807) is 0 Å². The zero-order valence-corrected chi connectivity index (χ0v) is 14.0. The quantitative estimate of drug-likeness (QED) is 0.686. The van der Waals surface area contributed by atoms with Gasteiger partial charge in [-0.25, -0.2) is 4.79 Å². The fraction of sp³-hybridized carbons (Fsp3) is 0.588. The molecule has 2 amide bonds. The maximum atomic E-state index is 11.8. The van der Waals surface area contributed by atoms with E-state index in [4.69, 9.17) is 9.47 Å². The number of ether oxygens (including phenoxy) is 2. The molecule has 0 saturated heterocycles. The van der Waals surface area contributed by atoms with Gasteiger partial charge in [-0.15, -0.1) is 0 Å². The fourth-order valence-corrected chi connectivity index (χ4v) is 1.76. The number of rotatable bonds is 9. The Morgan fingerprint density at radius 3 is 2.68 bits per heavy atom. The highest BCUT2D eigenvalue weighted by molar-refractivity contribution is 5.89. The van der Waals surface area contributed by atoms with E-state index in [-0.39, 0.29) is 18.2 Å². The standard InChI is InChI=1S/C17H28N2O3/c1-5-14(4)18-17(20)19-16-8-6-7-15(11-16)12-21-9-10-22-13(2)3/h6-8,11,13-14H,5,9-10,12H2,1-4H3,(H2,18,19,20). The van der Waals surface area contributed by atoms with Crippen LogP contribution in [0.15, 0.2) is 24.3 Å². The minimum absolute atomic E-state index is 0.160. The summed E-state index contributed by atoms with van der Waals surface area (Å²) in [5.74, 6) is 0. The topological polar surface area (TPSA) is 59.6 Å². The van der Waals surface area contributed by atoms with Crippen LogP contribution in [-0.2, 0) is 16.1 Å². The number of urea groups is 1. The summed E-state index contributed by atoms with van der Waals surface area (Å²) in [4.78, 5) is 11.8. The summed E-state index contributed by atoms with van der Waals surface area (Å²) in [5.41, 5.74) is 1.78. The van der Waals surface area contributed by atoms with Gasteiger partial charge in [0.1, 0.15) is 0 Å². The monoisotopic (exact) mass is 308 g/mol. The van der Waals surface area contributed by atoms with Gasteiger partial charge in [0.15, 0.2) is 0 Å². The van der Waals surface area contributed by atoms with Crippen LogP contribution in [0.3, 0.4) is 0 Å². The third-order valence-corrected chi connectivity index (χ3v) is 3.12. The summed E-state index contributed by atoms with van der Waals surface area (Å²) in [6.45, 7) is 9.66. The minimum atomic E-state index is -0.183. The molecule has 0 aliphatic carbocycles. The van der Waals surface area contributed by atoms with Gasteiger partial charge < -0.3 is 20.1 Å². The Balaban J connectivity index is 2.37. The first kappa shape index (κ1) is 18.5. The molecule has 0 heterocycles. The van der Waals surface area contributed by atoms with E-state index < -0.39 is 0 Å². The SMILES string of the molecule is CCC(C)NC(=O)Nc1cccc(COCCOC(C)C)c1. The second-order valence-electron chi connectivity index (χ2n) is 5.58. The number of benzene rings is 1. The molecule has 0 fully saturated rings. The summed E-state index contributed by atoms with van der Waals surface area (Å²) in [7, 11) is 0. The van der Waals surface area contributed by atoms with Gasteiger partial charge in [-0.3, -0.25) is 0 Å². The van der Waals surface area contributed by atoms with Crippen LogP contribution in [0, 0.1) is 0 Å². The van der Waals surface area contributed by atoms with Crippen molar-refractivity contribution in [3.8, 4) is 0 Å². The molecule has 22 heavy (non-hydrogen) atoms. The van der Waals surface area contributed by atoms with Crippen LogP contribution in [0.5, 0.6) is 0 Å². The van der Waals surface area contributed by atoms with E-state index in [1.165, 1.54) is 0 Å². The molecule has 1 atom stereocenters. The van der Waals surface area contributed by atoms with Crippen molar-refractivity contribution in [1.29, 1.82) is 0 Å². The molecular formula is C17H28N2O3. The maximum Gasteiger partial charge on any atom is 0.319 e. The van der Waals surface area contributed by atoms with Gasteiger partial charge in [-0.2, -0.15) is 0 Å². The van der Waals surface area contributed by atoms with Crippen molar-refractivity contribution in [2.24, 2.45) is 0 Å². The molecule has 1 aromatic carbocycles. The largest absolute Gasteiger partial charge is 0.376 e. The van der Waals surface area contributed by atoms with Gasteiger partial charge in [0.25, 0.3) is 0 Å². The average Bonchev–Trinajstić information content (AvgIpc) is 2.46. The molecule has 5 nitrogen and oxygen atoms in total. The normalized spacial score (nSPS) is 12.2. The summed E-state index contributed by atoms with van der Waals surface area (Å²) in [5, 5.41) is 5.70. The van der Waals surface area contributed by atoms with Crippen LogP contribution in [0.4, 0.5) is 10.5 Å². The van der Waals surface area contributed by atoms with Crippen molar-refractivity contribution in [2.45, 2.75) is 52.9 Å². The number of anilines is 1. The van der Waals surface area contributed by atoms with Gasteiger partial charge in [-0.1, -0.05) is 19.1 Å². The van der Waals surface area contributed by atoms with Crippen molar-refractivity contribution >= 4 is 11.7 Å². The predicted molar refractivity (Wildman–Crippen MR) is 89.1 cm³/mol. The first-order valence-corrected chi connectivity index (χ1v) is 7.87. The van der Waals surface area contributed by atoms with Crippen molar-refractivity contribution < 1.29 is 14.3 Å². The molecule has 2 N–H and O–H groups in total. The van der Waals surface area contributed by atoms with Gasteiger partial charge in [0.2, 0.25) is 0 Å². The first-order chi connectivity index (χ1) is 10.5. The third kappa shape index (κ3) is 8.00. The van der Waals surface area contributed by atoms with Gasteiger partial charge in [0.05, 0.1) is 25.9 Å². The second-order valence-corrected chi connectivity index (χ2v) is 5.58. The summed E-state index contributed by atoms with van der Waals surface area (Å²) in [6, 6.07) is 7.63. The summed E-state index contributed by atoms with van der Waals surface area (Å²) >= 11 is 0. The van der Waals surface area contributed by atoms with Crippen LogP contribution in [0.1, 0.15) is 39.7 Å². The molecule has 0 bridgehead atoms. The highest BCUT2D eigenvalue weighted by atomic mass is 16.5. The van der Waals surface area contributed by atoms with E-state index in [9.17, 15) is 4.79 Å². The molecule has 1 unspecified atom stereocenters. The van der Waals surface area contributed by atoms with Crippen LogP contribution < -0.4 is 10.6 Å². The maximum absolute atomic E-state index is 11.8. The van der Waals surface area contributed by atoms with Gasteiger partial charge in [0, 0.05) is 11.7 Å². The molecule has 5 heteroatoms. The Labute approximate surface area is 133 Å². The lowest BCUT2D eigenvalue weighted by molar-refractivity contribution is 0.0143.